The molecule has 0 heterocycles. The van der Waals surface area contributed by atoms with Crippen LogP contribution < -0.4 is 5.32 Å². The summed E-state index contributed by atoms with van der Waals surface area (Å²) in [5, 5.41) is 3.77. The summed E-state index contributed by atoms with van der Waals surface area (Å²) in [4.78, 5) is 0. The molecule has 1 heteroatoms. The summed E-state index contributed by atoms with van der Waals surface area (Å²) in [7, 11) is 0. The molecule has 2 aliphatic rings. The van der Waals surface area contributed by atoms with Crippen molar-refractivity contribution >= 4 is 0 Å². The average Bonchev–Trinajstić information content (AvgIpc) is 3.10. The third-order valence-electron chi connectivity index (χ3n) is 5.27. The van der Waals surface area contributed by atoms with Gasteiger partial charge in [-0.25, -0.2) is 0 Å². The summed E-state index contributed by atoms with van der Waals surface area (Å²) >= 11 is 0. The highest BCUT2D eigenvalue weighted by Crippen LogP contribution is 2.44. The van der Waals surface area contributed by atoms with E-state index >= 15 is 0 Å². The number of nitrogens with one attached hydrogen (secondary N) is 1. The minimum absolute atomic E-state index is 0.515. The fraction of sp³-hybridized carbons (Fsp3) is 1.00. The molecule has 0 spiro atoms. The first-order valence-electron chi connectivity index (χ1n) is 8.24. The first kappa shape index (κ1) is 14.4. The van der Waals surface area contributed by atoms with E-state index in [9.17, 15) is 0 Å². The van der Waals surface area contributed by atoms with Crippen LogP contribution in [0, 0.1) is 23.2 Å². The largest absolute Gasteiger partial charge is 0.314 e. The zero-order valence-corrected chi connectivity index (χ0v) is 13.0. The van der Waals surface area contributed by atoms with Crippen molar-refractivity contribution in [3.8, 4) is 0 Å². The van der Waals surface area contributed by atoms with Gasteiger partial charge in [0.05, 0.1) is 0 Å². The van der Waals surface area contributed by atoms with Crippen LogP contribution in [0.15, 0.2) is 0 Å². The van der Waals surface area contributed by atoms with Gasteiger partial charge in [0.25, 0.3) is 0 Å². The lowest BCUT2D eigenvalue weighted by atomic mass is 9.64. The molecule has 1 nitrogen and oxygen atoms in total. The van der Waals surface area contributed by atoms with Gasteiger partial charge in [-0.3, -0.25) is 0 Å². The van der Waals surface area contributed by atoms with Crippen LogP contribution in [0.3, 0.4) is 0 Å². The van der Waals surface area contributed by atoms with E-state index in [0.717, 1.165) is 23.8 Å². The van der Waals surface area contributed by atoms with E-state index in [0.29, 0.717) is 5.41 Å². The second-order valence-electron chi connectivity index (χ2n) is 7.87. The molecule has 18 heavy (non-hydrogen) atoms. The van der Waals surface area contributed by atoms with E-state index in [1.807, 2.05) is 0 Å². The summed E-state index contributed by atoms with van der Waals surface area (Å²) in [6.45, 7) is 11.0. The molecule has 0 aliphatic heterocycles. The van der Waals surface area contributed by atoms with E-state index in [2.05, 4.69) is 33.0 Å². The van der Waals surface area contributed by atoms with Crippen molar-refractivity contribution in [2.24, 2.45) is 23.2 Å². The highest BCUT2D eigenvalue weighted by molar-refractivity contribution is 4.88. The maximum absolute atomic E-state index is 3.77. The SMILES string of the molecule is CCCC1CC(C(C)(C)C)CCC1CNC1CC1. The first-order chi connectivity index (χ1) is 8.50. The molecule has 2 rings (SSSR count). The van der Waals surface area contributed by atoms with Crippen LogP contribution in [0.4, 0.5) is 0 Å². The molecule has 2 aliphatic carbocycles. The van der Waals surface area contributed by atoms with Crippen LogP contribution in [0.5, 0.6) is 0 Å². The normalized spacial score (nSPS) is 33.7. The molecule has 0 radical (unpaired) electrons. The highest BCUT2D eigenvalue weighted by Gasteiger charge is 2.35. The van der Waals surface area contributed by atoms with E-state index in [-0.39, 0.29) is 0 Å². The van der Waals surface area contributed by atoms with Gasteiger partial charge in [-0.05, 0) is 61.8 Å². The molecule has 2 fully saturated rings. The van der Waals surface area contributed by atoms with Crippen LogP contribution in [-0.4, -0.2) is 12.6 Å². The summed E-state index contributed by atoms with van der Waals surface area (Å²) in [5.41, 5.74) is 0.515. The van der Waals surface area contributed by atoms with E-state index in [1.165, 1.54) is 51.5 Å². The van der Waals surface area contributed by atoms with Gasteiger partial charge in [0.15, 0.2) is 0 Å². The Labute approximate surface area is 114 Å². The Kier molecular flexibility index (Phi) is 4.75. The molecule has 1 N–H and O–H groups in total. The molecule has 0 saturated heterocycles. The van der Waals surface area contributed by atoms with Gasteiger partial charge in [0, 0.05) is 6.04 Å². The summed E-state index contributed by atoms with van der Waals surface area (Å²) in [6.07, 6.45) is 10.1. The van der Waals surface area contributed by atoms with E-state index in [1.54, 1.807) is 0 Å². The summed E-state index contributed by atoms with van der Waals surface area (Å²) in [5.74, 6) is 2.90. The maximum Gasteiger partial charge on any atom is 0.00683 e. The zero-order chi connectivity index (χ0) is 13.2. The Bertz CT molecular complexity index is 249. The van der Waals surface area contributed by atoms with Gasteiger partial charge in [-0.15, -0.1) is 0 Å². The monoisotopic (exact) mass is 251 g/mol. The Morgan fingerprint density at radius 1 is 1.00 bits per heavy atom. The third kappa shape index (κ3) is 3.98. The molecule has 3 atom stereocenters. The lowest BCUT2D eigenvalue weighted by Gasteiger charge is -2.42. The molecule has 0 aromatic carbocycles. The molecule has 0 amide bonds. The molecular weight excluding hydrogens is 218 g/mol. The van der Waals surface area contributed by atoms with E-state index < -0.39 is 0 Å². The molecule has 0 aromatic rings. The highest BCUT2D eigenvalue weighted by atomic mass is 14.9. The Balaban J connectivity index is 1.86. The fourth-order valence-corrected chi connectivity index (χ4v) is 3.71. The van der Waals surface area contributed by atoms with E-state index in [4.69, 9.17) is 0 Å². The average molecular weight is 251 g/mol. The lowest BCUT2D eigenvalue weighted by molar-refractivity contribution is 0.0919. The van der Waals surface area contributed by atoms with Crippen molar-refractivity contribution in [3.63, 3.8) is 0 Å². The minimum Gasteiger partial charge on any atom is -0.314 e. The summed E-state index contributed by atoms with van der Waals surface area (Å²) < 4.78 is 0. The second kappa shape index (κ2) is 5.94. The van der Waals surface area contributed by atoms with Crippen molar-refractivity contribution < 1.29 is 0 Å². The van der Waals surface area contributed by atoms with Crippen molar-refractivity contribution in [3.05, 3.63) is 0 Å². The van der Waals surface area contributed by atoms with Gasteiger partial charge in [0.1, 0.15) is 0 Å². The predicted octanol–water partition coefficient (Wildman–Crippen LogP) is 4.62. The number of hydrogen-bond donors (Lipinski definition) is 1. The third-order valence-corrected chi connectivity index (χ3v) is 5.27. The number of hydrogen-bond acceptors (Lipinski definition) is 1. The first-order valence-corrected chi connectivity index (χ1v) is 8.24. The number of rotatable bonds is 5. The topological polar surface area (TPSA) is 12.0 Å². The van der Waals surface area contributed by atoms with Gasteiger partial charge in [-0.1, -0.05) is 40.5 Å². The van der Waals surface area contributed by atoms with Crippen molar-refractivity contribution in [1.29, 1.82) is 0 Å². The fourth-order valence-electron chi connectivity index (χ4n) is 3.71. The van der Waals surface area contributed by atoms with Gasteiger partial charge in [0.2, 0.25) is 0 Å². The molecular formula is C17H33N. The molecule has 106 valence electrons. The smallest absolute Gasteiger partial charge is 0.00683 e. The zero-order valence-electron chi connectivity index (χ0n) is 13.0. The van der Waals surface area contributed by atoms with Crippen LogP contribution in [-0.2, 0) is 0 Å². The maximum atomic E-state index is 3.77. The minimum atomic E-state index is 0.515. The quantitative estimate of drug-likeness (QED) is 0.752. The predicted molar refractivity (Wildman–Crippen MR) is 79.7 cm³/mol. The second-order valence-corrected chi connectivity index (χ2v) is 7.87. The lowest BCUT2D eigenvalue weighted by Crippen LogP contribution is -2.37. The molecule has 2 saturated carbocycles. The molecule has 0 aromatic heterocycles. The van der Waals surface area contributed by atoms with Crippen LogP contribution in [0.25, 0.3) is 0 Å². The van der Waals surface area contributed by atoms with Crippen molar-refractivity contribution in [1.82, 2.24) is 5.32 Å². The van der Waals surface area contributed by atoms with Gasteiger partial charge < -0.3 is 5.32 Å². The Morgan fingerprint density at radius 3 is 2.28 bits per heavy atom. The van der Waals surface area contributed by atoms with Crippen LogP contribution in [0.1, 0.15) is 72.6 Å². The molecule has 3 unspecified atom stereocenters. The van der Waals surface area contributed by atoms with Crippen molar-refractivity contribution in [2.75, 3.05) is 6.54 Å². The standard InChI is InChI=1S/C17H33N/c1-5-6-13-11-15(17(2,3)4)8-7-14(13)12-18-16-9-10-16/h13-16,18H,5-12H2,1-4H3. The van der Waals surface area contributed by atoms with Gasteiger partial charge >= 0.3 is 0 Å². The van der Waals surface area contributed by atoms with Crippen LogP contribution >= 0.6 is 0 Å². The molecule has 0 bridgehead atoms. The van der Waals surface area contributed by atoms with Crippen molar-refractivity contribution in [2.45, 2.75) is 78.7 Å². The Hall–Kier alpha value is -0.0400. The van der Waals surface area contributed by atoms with Gasteiger partial charge in [-0.2, -0.15) is 0 Å². The Morgan fingerprint density at radius 2 is 1.72 bits per heavy atom. The summed E-state index contributed by atoms with van der Waals surface area (Å²) in [6, 6.07) is 0.882. The van der Waals surface area contributed by atoms with Crippen LogP contribution in [0.2, 0.25) is 0 Å².